The Morgan fingerprint density at radius 3 is 2.67 bits per heavy atom. The van der Waals surface area contributed by atoms with Gasteiger partial charge in [0, 0.05) is 44.1 Å². The van der Waals surface area contributed by atoms with Crippen molar-refractivity contribution in [3.05, 3.63) is 53.9 Å². The molecule has 1 aliphatic heterocycles. The average molecular weight is 325 g/mol. The number of benzene rings is 1. The first-order valence-electron chi connectivity index (χ1n) is 8.54. The molecule has 0 N–H and O–H groups in total. The van der Waals surface area contributed by atoms with E-state index in [1.807, 2.05) is 24.5 Å². The van der Waals surface area contributed by atoms with E-state index in [1.54, 1.807) is 7.11 Å². The molecule has 0 aliphatic carbocycles. The van der Waals surface area contributed by atoms with Gasteiger partial charge >= 0.3 is 0 Å². The summed E-state index contributed by atoms with van der Waals surface area (Å²) in [6.45, 7) is 10.8. The molecule has 0 unspecified atom stereocenters. The van der Waals surface area contributed by atoms with Crippen molar-refractivity contribution >= 4 is 5.69 Å². The molecule has 0 spiro atoms. The second-order valence-electron chi connectivity index (χ2n) is 7.15. The molecule has 2 aromatic rings. The average Bonchev–Trinajstić information content (AvgIpc) is 2.56. The summed E-state index contributed by atoms with van der Waals surface area (Å²) in [6, 6.07) is 10.4. The third kappa shape index (κ3) is 3.39. The smallest absolute Gasteiger partial charge is 0.142 e. The molecule has 2 heterocycles. The van der Waals surface area contributed by atoms with Gasteiger partial charge < -0.3 is 9.64 Å². The molecule has 1 aromatic heterocycles. The lowest BCUT2D eigenvalue weighted by Gasteiger charge is -2.49. The highest BCUT2D eigenvalue weighted by Crippen LogP contribution is 2.35. The van der Waals surface area contributed by atoms with Crippen LogP contribution in [-0.4, -0.2) is 42.2 Å². The summed E-state index contributed by atoms with van der Waals surface area (Å²) < 4.78 is 5.57. The van der Waals surface area contributed by atoms with Crippen LogP contribution in [0.1, 0.15) is 25.0 Å². The van der Waals surface area contributed by atoms with Gasteiger partial charge in [-0.2, -0.15) is 0 Å². The van der Waals surface area contributed by atoms with Crippen molar-refractivity contribution in [2.45, 2.75) is 32.9 Å². The van der Waals surface area contributed by atoms with Gasteiger partial charge in [0.2, 0.25) is 0 Å². The number of hydrogen-bond acceptors (Lipinski definition) is 4. The van der Waals surface area contributed by atoms with Crippen LogP contribution < -0.4 is 9.64 Å². The zero-order chi connectivity index (χ0) is 17.2. The van der Waals surface area contributed by atoms with Gasteiger partial charge in [-0.05, 0) is 50.1 Å². The van der Waals surface area contributed by atoms with Gasteiger partial charge in [-0.3, -0.25) is 9.88 Å². The topological polar surface area (TPSA) is 28.6 Å². The van der Waals surface area contributed by atoms with Crippen molar-refractivity contribution in [2.24, 2.45) is 0 Å². The number of methoxy groups -OCH3 is 1. The summed E-state index contributed by atoms with van der Waals surface area (Å²) in [4.78, 5) is 9.21. The molecule has 4 heteroatoms. The fraction of sp³-hybridized carbons (Fsp3) is 0.450. The third-order valence-electron chi connectivity index (χ3n) is 4.89. The predicted octanol–water partition coefficient (Wildman–Crippen LogP) is 3.50. The first kappa shape index (κ1) is 16.8. The fourth-order valence-corrected chi connectivity index (χ4v) is 3.61. The maximum atomic E-state index is 5.57. The quantitative estimate of drug-likeness (QED) is 0.860. The van der Waals surface area contributed by atoms with Gasteiger partial charge in [0.05, 0.1) is 12.8 Å². The highest BCUT2D eigenvalue weighted by Gasteiger charge is 2.35. The second-order valence-corrected chi connectivity index (χ2v) is 7.15. The number of pyridine rings is 1. The Balaban J connectivity index is 1.76. The minimum absolute atomic E-state index is 0.0494. The van der Waals surface area contributed by atoms with Crippen molar-refractivity contribution in [3.8, 4) is 5.75 Å². The molecule has 128 valence electrons. The van der Waals surface area contributed by atoms with Crippen molar-refractivity contribution in [1.82, 2.24) is 9.88 Å². The van der Waals surface area contributed by atoms with Crippen molar-refractivity contribution in [1.29, 1.82) is 0 Å². The van der Waals surface area contributed by atoms with Crippen molar-refractivity contribution < 1.29 is 4.74 Å². The number of piperazine rings is 1. The maximum absolute atomic E-state index is 5.57. The number of para-hydroxylation sites is 2. The summed E-state index contributed by atoms with van der Waals surface area (Å²) in [7, 11) is 1.74. The highest BCUT2D eigenvalue weighted by molar-refractivity contribution is 5.60. The molecule has 4 nitrogen and oxygen atoms in total. The number of nitrogens with zero attached hydrogens (tertiary/aromatic N) is 3. The molecule has 1 aromatic carbocycles. The largest absolute Gasteiger partial charge is 0.495 e. The summed E-state index contributed by atoms with van der Waals surface area (Å²) in [5, 5.41) is 0. The van der Waals surface area contributed by atoms with Crippen LogP contribution in [0.15, 0.2) is 42.7 Å². The van der Waals surface area contributed by atoms with Gasteiger partial charge in [0.1, 0.15) is 5.75 Å². The molecule has 1 aliphatic rings. The van der Waals surface area contributed by atoms with Gasteiger partial charge in [-0.1, -0.05) is 12.1 Å². The first-order chi connectivity index (χ1) is 11.5. The molecule has 1 saturated heterocycles. The van der Waals surface area contributed by atoms with Crippen molar-refractivity contribution in [2.75, 3.05) is 31.6 Å². The molecular weight excluding hydrogens is 298 g/mol. The van der Waals surface area contributed by atoms with Gasteiger partial charge in [-0.15, -0.1) is 0 Å². The van der Waals surface area contributed by atoms with Crippen LogP contribution >= 0.6 is 0 Å². The summed E-state index contributed by atoms with van der Waals surface area (Å²) in [5.41, 5.74) is 3.87. The molecule has 24 heavy (non-hydrogen) atoms. The van der Waals surface area contributed by atoms with E-state index in [1.165, 1.54) is 16.8 Å². The van der Waals surface area contributed by atoms with E-state index in [4.69, 9.17) is 4.74 Å². The lowest BCUT2D eigenvalue weighted by atomic mass is 9.96. The Hall–Kier alpha value is -2.07. The molecule has 0 atom stereocenters. The van der Waals surface area contributed by atoms with E-state index in [0.29, 0.717) is 0 Å². The van der Waals surface area contributed by atoms with Gasteiger partial charge in [0.25, 0.3) is 0 Å². The van der Waals surface area contributed by atoms with Crippen LogP contribution in [0.2, 0.25) is 0 Å². The second kappa shape index (κ2) is 6.81. The Kier molecular flexibility index (Phi) is 4.76. The number of aryl methyl sites for hydroxylation is 1. The van der Waals surface area contributed by atoms with Crippen LogP contribution in [0.3, 0.4) is 0 Å². The zero-order valence-corrected chi connectivity index (χ0v) is 15.1. The van der Waals surface area contributed by atoms with Crippen LogP contribution in [0.25, 0.3) is 0 Å². The molecule has 1 fully saturated rings. The molecule has 0 saturated carbocycles. The highest BCUT2D eigenvalue weighted by atomic mass is 16.5. The van der Waals surface area contributed by atoms with E-state index in [9.17, 15) is 0 Å². The fourth-order valence-electron chi connectivity index (χ4n) is 3.61. The minimum atomic E-state index is 0.0494. The lowest BCUT2D eigenvalue weighted by molar-refractivity contribution is 0.174. The van der Waals surface area contributed by atoms with Gasteiger partial charge in [-0.25, -0.2) is 0 Å². The molecule has 0 radical (unpaired) electrons. The molecule has 3 rings (SSSR count). The van der Waals surface area contributed by atoms with E-state index in [2.05, 4.69) is 53.8 Å². The monoisotopic (exact) mass is 325 g/mol. The Morgan fingerprint density at radius 1 is 1.17 bits per heavy atom. The summed E-state index contributed by atoms with van der Waals surface area (Å²) in [5.74, 6) is 0.948. The molecule has 0 amide bonds. The van der Waals surface area contributed by atoms with E-state index in [0.717, 1.165) is 31.9 Å². The van der Waals surface area contributed by atoms with E-state index >= 15 is 0 Å². The normalized spacial score (nSPS) is 17.8. The van der Waals surface area contributed by atoms with Gasteiger partial charge in [0.15, 0.2) is 0 Å². The van der Waals surface area contributed by atoms with Crippen LogP contribution in [-0.2, 0) is 6.54 Å². The van der Waals surface area contributed by atoms with Crippen LogP contribution in [0.4, 0.5) is 5.69 Å². The lowest BCUT2D eigenvalue weighted by Crippen LogP contribution is -2.59. The zero-order valence-electron chi connectivity index (χ0n) is 15.1. The van der Waals surface area contributed by atoms with E-state index in [-0.39, 0.29) is 5.54 Å². The molecule has 0 bridgehead atoms. The standard InChI is InChI=1S/C20H27N3O/c1-16-13-21-10-9-17(16)14-22-11-12-23(20(2,3)15-22)18-7-5-6-8-19(18)24-4/h5-10,13H,11-12,14-15H2,1-4H3. The summed E-state index contributed by atoms with van der Waals surface area (Å²) >= 11 is 0. The number of hydrogen-bond donors (Lipinski definition) is 0. The SMILES string of the molecule is COc1ccccc1N1CCN(Cc2ccncc2C)CC1(C)C. The first-order valence-corrected chi connectivity index (χ1v) is 8.54. The molecular formula is C20H27N3O. The Labute approximate surface area is 145 Å². The number of ether oxygens (including phenoxy) is 1. The Morgan fingerprint density at radius 2 is 1.96 bits per heavy atom. The Bertz CT molecular complexity index is 699. The summed E-state index contributed by atoms with van der Waals surface area (Å²) in [6.07, 6.45) is 3.84. The van der Waals surface area contributed by atoms with Crippen molar-refractivity contribution in [3.63, 3.8) is 0 Å². The maximum Gasteiger partial charge on any atom is 0.142 e. The number of anilines is 1. The third-order valence-corrected chi connectivity index (χ3v) is 4.89. The van der Waals surface area contributed by atoms with Crippen LogP contribution in [0.5, 0.6) is 5.75 Å². The van der Waals surface area contributed by atoms with Crippen LogP contribution in [0, 0.1) is 6.92 Å². The number of aromatic nitrogens is 1. The number of rotatable bonds is 4. The minimum Gasteiger partial charge on any atom is -0.495 e. The van der Waals surface area contributed by atoms with E-state index < -0.39 is 0 Å². The predicted molar refractivity (Wildman–Crippen MR) is 98.7 cm³/mol.